The lowest BCUT2D eigenvalue weighted by atomic mass is 9.85. The Labute approximate surface area is 228 Å². The first-order chi connectivity index (χ1) is 18.2. The van der Waals surface area contributed by atoms with Gasteiger partial charge in [-0.15, -0.1) is 0 Å². The Morgan fingerprint density at radius 1 is 1.13 bits per heavy atom. The number of nitrogens with one attached hydrogen (secondary N) is 1. The van der Waals surface area contributed by atoms with Crippen molar-refractivity contribution in [1.29, 1.82) is 0 Å². The molecule has 200 valence electrons. The van der Waals surface area contributed by atoms with Crippen LogP contribution in [0.3, 0.4) is 0 Å². The fourth-order valence-corrected chi connectivity index (χ4v) is 6.99. The number of hydrogen-bond acceptors (Lipinski definition) is 6. The van der Waals surface area contributed by atoms with Gasteiger partial charge in [0.25, 0.3) is 0 Å². The summed E-state index contributed by atoms with van der Waals surface area (Å²) >= 11 is 6.75. The molecule has 3 fully saturated rings. The van der Waals surface area contributed by atoms with E-state index in [0.29, 0.717) is 24.9 Å². The molecule has 1 amide bonds. The molecule has 0 spiro atoms. The van der Waals surface area contributed by atoms with Crippen LogP contribution in [-0.4, -0.2) is 63.8 Å². The normalized spacial score (nSPS) is 29.4. The van der Waals surface area contributed by atoms with Crippen LogP contribution in [0, 0.1) is 11.3 Å². The summed E-state index contributed by atoms with van der Waals surface area (Å²) in [5.41, 5.74) is 1.62. The SMILES string of the molecule is CC1(C)C(C(=O)Nc2cc3cc(C4CCN([C@@]5(C)COC[C@H]5O)CC4)c(Cl)cc3cn2)C1c1ccccn1. The standard InChI is InChI=1S/C30H35ClN4O3/c1-29(2)26(23-6-4-5-9-32-23)27(29)28(37)34-25-14-19-12-21(22(31)13-20(19)15-33-25)18-7-10-35(11-8-18)30(3)17-38-16-24(30)36/h4-6,9,12-15,18,24,26-27,36H,7-8,10-11,16-17H2,1-3H3,(H,33,34,37)/t24-,26?,27?,30+/m1/s1. The predicted octanol–water partition coefficient (Wildman–Crippen LogP) is 4.99. The molecule has 4 atom stereocenters. The van der Waals surface area contributed by atoms with Gasteiger partial charge in [0.15, 0.2) is 0 Å². The summed E-state index contributed by atoms with van der Waals surface area (Å²) in [6.07, 6.45) is 5.04. The van der Waals surface area contributed by atoms with Crippen molar-refractivity contribution < 1.29 is 14.6 Å². The van der Waals surface area contributed by atoms with Crippen molar-refractivity contribution in [3.8, 4) is 0 Å². The Bertz CT molecular complexity index is 1360. The van der Waals surface area contributed by atoms with E-state index in [4.69, 9.17) is 16.3 Å². The molecule has 2 N–H and O–H groups in total. The van der Waals surface area contributed by atoms with Crippen LogP contribution in [0.4, 0.5) is 5.82 Å². The van der Waals surface area contributed by atoms with Gasteiger partial charge in [-0.3, -0.25) is 14.7 Å². The predicted molar refractivity (Wildman–Crippen MR) is 148 cm³/mol. The van der Waals surface area contributed by atoms with Crippen LogP contribution in [0.5, 0.6) is 0 Å². The number of aliphatic hydroxyl groups excluding tert-OH is 1. The third kappa shape index (κ3) is 4.39. The minimum absolute atomic E-state index is 0.0226. The van der Waals surface area contributed by atoms with Gasteiger partial charge in [-0.25, -0.2) is 4.98 Å². The second kappa shape index (κ2) is 9.56. The number of likely N-dealkylation sites (tertiary alicyclic amines) is 1. The molecule has 1 aliphatic carbocycles. The number of pyridine rings is 2. The van der Waals surface area contributed by atoms with Crippen LogP contribution < -0.4 is 5.32 Å². The highest BCUT2D eigenvalue weighted by Gasteiger charge is 2.63. The van der Waals surface area contributed by atoms with Crippen molar-refractivity contribution in [3.63, 3.8) is 0 Å². The van der Waals surface area contributed by atoms with Gasteiger partial charge in [0, 0.05) is 34.4 Å². The first-order valence-corrected chi connectivity index (χ1v) is 13.9. The molecular formula is C30H35ClN4O3. The van der Waals surface area contributed by atoms with Crippen LogP contribution in [0.1, 0.15) is 56.7 Å². The van der Waals surface area contributed by atoms with Gasteiger partial charge in [-0.2, -0.15) is 0 Å². The van der Waals surface area contributed by atoms with Crippen LogP contribution >= 0.6 is 11.6 Å². The maximum atomic E-state index is 13.2. The fraction of sp³-hybridized carbons (Fsp3) is 0.500. The van der Waals surface area contributed by atoms with E-state index in [1.807, 2.05) is 30.3 Å². The molecule has 4 heterocycles. The smallest absolute Gasteiger partial charge is 0.229 e. The number of rotatable bonds is 5. The third-order valence-electron chi connectivity index (χ3n) is 9.25. The molecule has 8 heteroatoms. The van der Waals surface area contributed by atoms with E-state index in [1.165, 1.54) is 0 Å². The number of aliphatic hydroxyl groups is 1. The number of benzene rings is 1. The lowest BCUT2D eigenvalue weighted by Crippen LogP contribution is -2.56. The summed E-state index contributed by atoms with van der Waals surface area (Å²) in [6.45, 7) is 9.08. The maximum absolute atomic E-state index is 13.2. The number of fused-ring (bicyclic) bond motifs is 1. The lowest BCUT2D eigenvalue weighted by Gasteiger charge is -2.43. The molecule has 2 aliphatic heterocycles. The van der Waals surface area contributed by atoms with E-state index >= 15 is 0 Å². The number of aromatic nitrogens is 2. The van der Waals surface area contributed by atoms with Crippen LogP contribution in [0.15, 0.2) is 48.8 Å². The Balaban J connectivity index is 1.17. The first-order valence-electron chi connectivity index (χ1n) is 13.5. The van der Waals surface area contributed by atoms with Crippen molar-refractivity contribution >= 4 is 34.1 Å². The quantitative estimate of drug-likeness (QED) is 0.479. The van der Waals surface area contributed by atoms with E-state index in [-0.39, 0.29) is 28.7 Å². The first kappa shape index (κ1) is 25.7. The Hall–Kier alpha value is -2.58. The number of anilines is 1. The number of nitrogens with zero attached hydrogens (tertiary/aromatic N) is 3. The zero-order chi connectivity index (χ0) is 26.7. The summed E-state index contributed by atoms with van der Waals surface area (Å²) in [6, 6.07) is 11.9. The maximum Gasteiger partial charge on any atom is 0.229 e. The van der Waals surface area contributed by atoms with Gasteiger partial charge in [0.05, 0.1) is 30.8 Å². The van der Waals surface area contributed by atoms with Crippen LogP contribution in [0.25, 0.3) is 10.8 Å². The molecule has 2 aromatic heterocycles. The third-order valence-corrected chi connectivity index (χ3v) is 9.58. The number of hydrogen-bond donors (Lipinski definition) is 2. The molecule has 2 unspecified atom stereocenters. The molecule has 3 aliphatic rings. The van der Waals surface area contributed by atoms with Crippen molar-refractivity contribution in [2.75, 3.05) is 31.6 Å². The van der Waals surface area contributed by atoms with Gasteiger partial charge >= 0.3 is 0 Å². The highest BCUT2D eigenvalue weighted by Crippen LogP contribution is 2.64. The highest BCUT2D eigenvalue weighted by molar-refractivity contribution is 6.32. The van der Waals surface area contributed by atoms with Gasteiger partial charge in [-0.05, 0) is 85.5 Å². The largest absolute Gasteiger partial charge is 0.389 e. The number of amides is 1. The second-order valence-corrected chi connectivity index (χ2v) is 12.4. The zero-order valence-corrected chi connectivity index (χ0v) is 22.9. The van der Waals surface area contributed by atoms with Gasteiger partial charge < -0.3 is 15.2 Å². The summed E-state index contributed by atoms with van der Waals surface area (Å²) in [5, 5.41) is 16.2. The molecule has 2 saturated heterocycles. The molecule has 38 heavy (non-hydrogen) atoms. The summed E-state index contributed by atoms with van der Waals surface area (Å²) in [5.74, 6) is 0.816. The van der Waals surface area contributed by atoms with Gasteiger partial charge in [-0.1, -0.05) is 31.5 Å². The van der Waals surface area contributed by atoms with Gasteiger partial charge in [0.1, 0.15) is 5.82 Å². The van der Waals surface area contributed by atoms with Crippen molar-refractivity contribution in [3.05, 3.63) is 65.1 Å². The lowest BCUT2D eigenvalue weighted by molar-refractivity contribution is -0.118. The summed E-state index contributed by atoms with van der Waals surface area (Å²) in [4.78, 5) is 24.6. The van der Waals surface area contributed by atoms with Gasteiger partial charge in [0.2, 0.25) is 5.91 Å². The average molecular weight is 535 g/mol. The number of carbonyl (C=O) groups excluding carboxylic acids is 1. The van der Waals surface area contributed by atoms with E-state index in [1.54, 1.807) is 12.4 Å². The minimum Gasteiger partial charge on any atom is -0.389 e. The van der Waals surface area contributed by atoms with Crippen LogP contribution in [-0.2, 0) is 9.53 Å². The molecule has 7 nitrogen and oxygen atoms in total. The molecule has 0 radical (unpaired) electrons. The second-order valence-electron chi connectivity index (χ2n) is 12.0. The van der Waals surface area contributed by atoms with E-state index in [2.05, 4.69) is 47.0 Å². The molecule has 1 aromatic carbocycles. The Kier molecular flexibility index (Phi) is 6.46. The van der Waals surface area contributed by atoms with Crippen molar-refractivity contribution in [2.24, 2.45) is 11.3 Å². The number of piperidine rings is 1. The van der Waals surface area contributed by atoms with E-state index < -0.39 is 6.10 Å². The molecule has 3 aromatic rings. The van der Waals surface area contributed by atoms with Crippen molar-refractivity contribution in [2.45, 2.75) is 57.1 Å². The zero-order valence-electron chi connectivity index (χ0n) is 22.2. The topological polar surface area (TPSA) is 87.6 Å². The molecule has 1 saturated carbocycles. The average Bonchev–Trinajstić information content (AvgIpc) is 3.34. The molecule has 6 rings (SSSR count). The highest BCUT2D eigenvalue weighted by atomic mass is 35.5. The fourth-order valence-electron chi connectivity index (χ4n) is 6.66. The van der Waals surface area contributed by atoms with Crippen molar-refractivity contribution in [1.82, 2.24) is 14.9 Å². The number of halogens is 1. The summed E-state index contributed by atoms with van der Waals surface area (Å²) < 4.78 is 5.55. The monoisotopic (exact) mass is 534 g/mol. The van der Waals surface area contributed by atoms with E-state index in [0.717, 1.165) is 53.0 Å². The van der Waals surface area contributed by atoms with Crippen LogP contribution in [0.2, 0.25) is 5.02 Å². The molecule has 0 bridgehead atoms. The molecular weight excluding hydrogens is 500 g/mol. The van der Waals surface area contributed by atoms with E-state index in [9.17, 15) is 9.90 Å². The Morgan fingerprint density at radius 2 is 1.92 bits per heavy atom. The number of carbonyl (C=O) groups is 1. The minimum atomic E-state index is -0.454. The Morgan fingerprint density at radius 3 is 2.61 bits per heavy atom. The number of ether oxygens (including phenoxy) is 1. The summed E-state index contributed by atoms with van der Waals surface area (Å²) in [7, 11) is 0.